The molecule has 0 unspecified atom stereocenters. The first-order chi connectivity index (χ1) is 10.8. The van der Waals surface area contributed by atoms with E-state index in [1.807, 2.05) is 24.3 Å². The highest BCUT2D eigenvalue weighted by Gasteiger charge is 2.06. The fourth-order valence-corrected chi connectivity index (χ4v) is 3.87. The van der Waals surface area contributed by atoms with Gasteiger partial charge in [-0.1, -0.05) is 6.07 Å². The van der Waals surface area contributed by atoms with Crippen LogP contribution in [0.1, 0.15) is 15.9 Å². The molecule has 0 aliphatic heterocycles. The second-order valence-electron chi connectivity index (χ2n) is 4.94. The van der Waals surface area contributed by atoms with E-state index in [1.165, 1.54) is 15.6 Å². The summed E-state index contributed by atoms with van der Waals surface area (Å²) < 4.78 is 6.41. The Bertz CT molecular complexity index is 775. The van der Waals surface area contributed by atoms with E-state index in [0.717, 1.165) is 17.1 Å². The Morgan fingerprint density at radius 3 is 2.73 bits per heavy atom. The highest BCUT2D eigenvalue weighted by Crippen LogP contribution is 2.24. The average molecular weight is 328 g/mol. The molecule has 0 atom stereocenters. The maximum atomic E-state index is 12.1. The summed E-state index contributed by atoms with van der Waals surface area (Å²) in [5.41, 5.74) is 2.00. The largest absolute Gasteiger partial charge is 0.497 e. The molecule has 0 bridgehead atoms. The van der Waals surface area contributed by atoms with Crippen LogP contribution >= 0.6 is 23.1 Å². The minimum Gasteiger partial charge on any atom is -0.497 e. The topological polar surface area (TPSA) is 26.3 Å². The number of Topliss-reactive ketones (excluding diaryl/α,β-unsaturated/α-hetero) is 1. The third kappa shape index (κ3) is 3.51. The molecule has 0 spiro atoms. The van der Waals surface area contributed by atoms with Crippen LogP contribution in [0, 0.1) is 0 Å². The van der Waals surface area contributed by atoms with E-state index in [1.54, 1.807) is 30.2 Å². The van der Waals surface area contributed by atoms with Gasteiger partial charge in [0.1, 0.15) is 5.75 Å². The molecule has 0 saturated heterocycles. The first-order valence-corrected chi connectivity index (χ1v) is 9.01. The van der Waals surface area contributed by atoms with Gasteiger partial charge in [-0.15, -0.1) is 23.1 Å². The number of thiophene rings is 1. The zero-order valence-corrected chi connectivity index (χ0v) is 13.9. The van der Waals surface area contributed by atoms with Gasteiger partial charge in [0, 0.05) is 16.0 Å². The van der Waals surface area contributed by atoms with Gasteiger partial charge in [-0.3, -0.25) is 4.79 Å². The molecule has 22 heavy (non-hydrogen) atoms. The van der Waals surface area contributed by atoms with Gasteiger partial charge in [0.05, 0.1) is 12.9 Å². The molecular weight excluding hydrogens is 312 g/mol. The molecule has 0 aliphatic carbocycles. The fraction of sp³-hybridized carbons (Fsp3) is 0.167. The number of methoxy groups -OCH3 is 1. The summed E-state index contributed by atoms with van der Waals surface area (Å²) in [5, 5.41) is 3.39. The lowest BCUT2D eigenvalue weighted by Gasteiger charge is -2.04. The van der Waals surface area contributed by atoms with Crippen molar-refractivity contribution in [2.24, 2.45) is 0 Å². The van der Waals surface area contributed by atoms with Crippen LogP contribution in [-0.2, 0) is 5.75 Å². The molecule has 2 nitrogen and oxygen atoms in total. The standard InChI is InChI=1S/C18H16O2S2/c1-20-16-5-3-14(4-6-16)17(19)12-21-11-13-2-7-18-15(10-13)8-9-22-18/h2-10H,11-12H2,1H3. The molecule has 112 valence electrons. The lowest BCUT2D eigenvalue weighted by Crippen LogP contribution is -2.02. The van der Waals surface area contributed by atoms with E-state index in [2.05, 4.69) is 29.6 Å². The van der Waals surface area contributed by atoms with Crippen molar-refractivity contribution >= 4 is 39.0 Å². The van der Waals surface area contributed by atoms with Crippen molar-refractivity contribution in [3.63, 3.8) is 0 Å². The Balaban J connectivity index is 1.56. The van der Waals surface area contributed by atoms with Gasteiger partial charge in [0.15, 0.2) is 5.78 Å². The Kier molecular flexibility index (Phi) is 4.80. The smallest absolute Gasteiger partial charge is 0.172 e. The van der Waals surface area contributed by atoms with Gasteiger partial charge in [-0.05, 0) is 58.8 Å². The van der Waals surface area contributed by atoms with Crippen LogP contribution in [0.25, 0.3) is 10.1 Å². The zero-order valence-electron chi connectivity index (χ0n) is 12.2. The highest BCUT2D eigenvalue weighted by molar-refractivity contribution is 7.99. The second kappa shape index (κ2) is 6.99. The van der Waals surface area contributed by atoms with Crippen molar-refractivity contribution in [3.05, 3.63) is 65.0 Å². The summed E-state index contributed by atoms with van der Waals surface area (Å²) in [7, 11) is 1.62. The predicted molar refractivity (Wildman–Crippen MR) is 95.3 cm³/mol. The van der Waals surface area contributed by atoms with Gasteiger partial charge >= 0.3 is 0 Å². The van der Waals surface area contributed by atoms with Gasteiger partial charge in [0.25, 0.3) is 0 Å². The van der Waals surface area contributed by atoms with E-state index in [0.29, 0.717) is 5.75 Å². The molecule has 1 heterocycles. The number of rotatable bonds is 6. The molecule has 2 aromatic carbocycles. The quantitative estimate of drug-likeness (QED) is 0.594. The summed E-state index contributed by atoms with van der Waals surface area (Å²) in [4.78, 5) is 12.1. The Morgan fingerprint density at radius 2 is 1.95 bits per heavy atom. The van der Waals surface area contributed by atoms with Crippen LogP contribution in [0.3, 0.4) is 0 Å². The molecule has 4 heteroatoms. The fourth-order valence-electron chi connectivity index (χ4n) is 2.23. The van der Waals surface area contributed by atoms with E-state index in [4.69, 9.17) is 4.74 Å². The van der Waals surface area contributed by atoms with Crippen LogP contribution in [0.4, 0.5) is 0 Å². The molecule has 0 N–H and O–H groups in total. The van der Waals surface area contributed by atoms with Crippen molar-refractivity contribution in [2.75, 3.05) is 12.9 Å². The first-order valence-electron chi connectivity index (χ1n) is 6.97. The van der Waals surface area contributed by atoms with Crippen molar-refractivity contribution in [1.82, 2.24) is 0 Å². The number of hydrogen-bond donors (Lipinski definition) is 0. The monoisotopic (exact) mass is 328 g/mol. The van der Waals surface area contributed by atoms with E-state index in [9.17, 15) is 4.79 Å². The number of carbonyl (C=O) groups is 1. The minimum absolute atomic E-state index is 0.157. The molecule has 0 radical (unpaired) electrons. The average Bonchev–Trinajstić information content (AvgIpc) is 3.02. The summed E-state index contributed by atoms with van der Waals surface area (Å²) in [6, 6.07) is 15.9. The van der Waals surface area contributed by atoms with E-state index >= 15 is 0 Å². The Hall–Kier alpha value is -1.78. The molecule has 0 amide bonds. The molecular formula is C18H16O2S2. The van der Waals surface area contributed by atoms with E-state index in [-0.39, 0.29) is 5.78 Å². The molecule has 1 aromatic heterocycles. The zero-order chi connectivity index (χ0) is 15.4. The molecule has 0 saturated carbocycles. The van der Waals surface area contributed by atoms with Crippen molar-refractivity contribution < 1.29 is 9.53 Å². The van der Waals surface area contributed by atoms with Gasteiger partial charge in [0.2, 0.25) is 0 Å². The number of carbonyl (C=O) groups excluding carboxylic acids is 1. The highest BCUT2D eigenvalue weighted by atomic mass is 32.2. The number of ketones is 1. The van der Waals surface area contributed by atoms with Crippen LogP contribution in [0.5, 0.6) is 5.75 Å². The van der Waals surface area contributed by atoms with Crippen LogP contribution in [0.15, 0.2) is 53.9 Å². The first kappa shape index (κ1) is 15.1. The number of thioether (sulfide) groups is 1. The number of ether oxygens (including phenoxy) is 1. The van der Waals surface area contributed by atoms with Crippen molar-refractivity contribution in [2.45, 2.75) is 5.75 Å². The van der Waals surface area contributed by atoms with Gasteiger partial charge in [-0.25, -0.2) is 0 Å². The molecule has 3 aromatic rings. The maximum absolute atomic E-state index is 12.1. The second-order valence-corrected chi connectivity index (χ2v) is 6.87. The molecule has 3 rings (SSSR count). The predicted octanol–water partition coefficient (Wildman–Crippen LogP) is 5.03. The Labute approximate surface area is 138 Å². The van der Waals surface area contributed by atoms with Crippen molar-refractivity contribution in [3.8, 4) is 5.75 Å². The maximum Gasteiger partial charge on any atom is 0.172 e. The SMILES string of the molecule is COc1ccc(C(=O)CSCc2ccc3sccc3c2)cc1. The van der Waals surface area contributed by atoms with Gasteiger partial charge < -0.3 is 4.74 Å². The van der Waals surface area contributed by atoms with Crippen LogP contribution in [0.2, 0.25) is 0 Å². The van der Waals surface area contributed by atoms with Crippen LogP contribution in [-0.4, -0.2) is 18.6 Å². The van der Waals surface area contributed by atoms with Crippen LogP contribution < -0.4 is 4.74 Å². The molecule has 0 aliphatic rings. The lowest BCUT2D eigenvalue weighted by molar-refractivity contribution is 0.102. The summed E-state index contributed by atoms with van der Waals surface area (Å²) >= 11 is 3.41. The number of benzene rings is 2. The minimum atomic E-state index is 0.157. The molecule has 0 fully saturated rings. The number of hydrogen-bond acceptors (Lipinski definition) is 4. The third-order valence-corrected chi connectivity index (χ3v) is 5.33. The van der Waals surface area contributed by atoms with Crippen molar-refractivity contribution in [1.29, 1.82) is 0 Å². The normalized spacial score (nSPS) is 10.8. The number of fused-ring (bicyclic) bond motifs is 1. The van der Waals surface area contributed by atoms with Gasteiger partial charge in [-0.2, -0.15) is 0 Å². The summed E-state index contributed by atoms with van der Waals surface area (Å²) in [5.74, 6) is 2.28. The summed E-state index contributed by atoms with van der Waals surface area (Å²) in [6.07, 6.45) is 0. The van der Waals surface area contributed by atoms with E-state index < -0.39 is 0 Å². The summed E-state index contributed by atoms with van der Waals surface area (Å²) in [6.45, 7) is 0. The third-order valence-electron chi connectivity index (χ3n) is 3.43. The Morgan fingerprint density at radius 1 is 1.14 bits per heavy atom. The lowest BCUT2D eigenvalue weighted by atomic mass is 10.1.